The molecule has 1 nitrogen and oxygen atoms in total. The lowest BCUT2D eigenvalue weighted by atomic mass is 9.98. The van der Waals surface area contributed by atoms with E-state index in [1.54, 1.807) is 0 Å². The number of aryl methyl sites for hydroxylation is 1. The molecule has 3 unspecified atom stereocenters. The minimum Gasteiger partial charge on any atom is -0.316 e. The Morgan fingerprint density at radius 2 is 2.07 bits per heavy atom. The van der Waals surface area contributed by atoms with Gasteiger partial charge in [0, 0.05) is 6.04 Å². The third-order valence-electron chi connectivity index (χ3n) is 3.76. The lowest BCUT2D eigenvalue weighted by Crippen LogP contribution is -2.30. The standard InChI is InChI=1S/C14H21N/c1-10-6-4-5-7-12(10)9-14(15-3)13-8-11(13)2/h4-7,11,13-15H,8-9H2,1-3H3. The van der Waals surface area contributed by atoms with E-state index in [2.05, 4.69) is 50.5 Å². The van der Waals surface area contributed by atoms with Crippen LogP contribution < -0.4 is 5.32 Å². The number of benzene rings is 1. The van der Waals surface area contributed by atoms with Crippen molar-refractivity contribution in [3.63, 3.8) is 0 Å². The molecule has 1 heteroatoms. The summed E-state index contributed by atoms with van der Waals surface area (Å²) in [4.78, 5) is 0. The Labute approximate surface area is 92.9 Å². The third kappa shape index (κ3) is 2.40. The first-order valence-electron chi connectivity index (χ1n) is 5.94. The molecule has 1 saturated carbocycles. The first-order chi connectivity index (χ1) is 7.22. The van der Waals surface area contributed by atoms with Gasteiger partial charge in [-0.2, -0.15) is 0 Å². The number of hydrogen-bond donors (Lipinski definition) is 1. The van der Waals surface area contributed by atoms with Crippen molar-refractivity contribution >= 4 is 0 Å². The molecule has 1 aliphatic carbocycles. The van der Waals surface area contributed by atoms with Gasteiger partial charge in [0.1, 0.15) is 0 Å². The topological polar surface area (TPSA) is 12.0 Å². The molecular formula is C14H21N. The van der Waals surface area contributed by atoms with Crippen LogP contribution in [-0.2, 0) is 6.42 Å². The maximum absolute atomic E-state index is 3.47. The molecule has 1 N–H and O–H groups in total. The second-order valence-corrected chi connectivity index (χ2v) is 4.90. The van der Waals surface area contributed by atoms with Gasteiger partial charge in [0.2, 0.25) is 0 Å². The summed E-state index contributed by atoms with van der Waals surface area (Å²) in [5, 5.41) is 3.47. The molecule has 0 aromatic heterocycles. The lowest BCUT2D eigenvalue weighted by molar-refractivity contribution is 0.478. The molecule has 0 amide bonds. The van der Waals surface area contributed by atoms with Crippen LogP contribution in [0.25, 0.3) is 0 Å². The van der Waals surface area contributed by atoms with E-state index in [1.807, 2.05) is 0 Å². The van der Waals surface area contributed by atoms with Gasteiger partial charge in [-0.05, 0) is 49.8 Å². The van der Waals surface area contributed by atoms with Crippen molar-refractivity contribution in [2.24, 2.45) is 11.8 Å². The summed E-state index contributed by atoms with van der Waals surface area (Å²) >= 11 is 0. The van der Waals surface area contributed by atoms with Crippen LogP contribution in [0.5, 0.6) is 0 Å². The van der Waals surface area contributed by atoms with E-state index in [1.165, 1.54) is 24.0 Å². The average Bonchev–Trinajstić information content (AvgIpc) is 2.94. The summed E-state index contributed by atoms with van der Waals surface area (Å²) < 4.78 is 0. The van der Waals surface area contributed by atoms with Crippen molar-refractivity contribution in [2.75, 3.05) is 7.05 Å². The van der Waals surface area contributed by atoms with Gasteiger partial charge < -0.3 is 5.32 Å². The van der Waals surface area contributed by atoms with Gasteiger partial charge in [0.25, 0.3) is 0 Å². The molecule has 1 aliphatic rings. The molecule has 0 saturated heterocycles. The second-order valence-electron chi connectivity index (χ2n) is 4.90. The van der Waals surface area contributed by atoms with E-state index >= 15 is 0 Å². The fourth-order valence-corrected chi connectivity index (χ4v) is 2.46. The van der Waals surface area contributed by atoms with Crippen molar-refractivity contribution in [2.45, 2.75) is 32.7 Å². The summed E-state index contributed by atoms with van der Waals surface area (Å²) in [7, 11) is 2.09. The summed E-state index contributed by atoms with van der Waals surface area (Å²) in [5.41, 5.74) is 2.92. The van der Waals surface area contributed by atoms with Crippen LogP contribution in [0.15, 0.2) is 24.3 Å². The van der Waals surface area contributed by atoms with E-state index in [0.717, 1.165) is 11.8 Å². The fourth-order valence-electron chi connectivity index (χ4n) is 2.46. The fraction of sp³-hybridized carbons (Fsp3) is 0.571. The zero-order valence-electron chi connectivity index (χ0n) is 9.96. The molecule has 0 spiro atoms. The minimum atomic E-state index is 0.668. The van der Waals surface area contributed by atoms with Gasteiger partial charge in [-0.25, -0.2) is 0 Å². The van der Waals surface area contributed by atoms with Crippen molar-refractivity contribution in [3.05, 3.63) is 35.4 Å². The molecule has 1 fully saturated rings. The summed E-state index contributed by atoms with van der Waals surface area (Å²) in [6.45, 7) is 4.56. The highest BCUT2D eigenvalue weighted by atomic mass is 14.9. The number of likely N-dealkylation sites (N-methyl/N-ethyl adjacent to an activating group) is 1. The lowest BCUT2D eigenvalue weighted by Gasteiger charge is -2.17. The van der Waals surface area contributed by atoms with Gasteiger partial charge >= 0.3 is 0 Å². The van der Waals surface area contributed by atoms with Gasteiger partial charge in [-0.3, -0.25) is 0 Å². The van der Waals surface area contributed by atoms with E-state index < -0.39 is 0 Å². The van der Waals surface area contributed by atoms with Crippen LogP contribution in [0.1, 0.15) is 24.5 Å². The van der Waals surface area contributed by atoms with Gasteiger partial charge in [0.05, 0.1) is 0 Å². The largest absolute Gasteiger partial charge is 0.316 e. The minimum absolute atomic E-state index is 0.668. The SMILES string of the molecule is CNC(Cc1ccccc1C)C1CC1C. The van der Waals surface area contributed by atoms with Gasteiger partial charge in [0.15, 0.2) is 0 Å². The molecule has 0 aliphatic heterocycles. The van der Waals surface area contributed by atoms with Crippen LogP contribution in [0.4, 0.5) is 0 Å². The zero-order chi connectivity index (χ0) is 10.8. The molecule has 15 heavy (non-hydrogen) atoms. The zero-order valence-corrected chi connectivity index (χ0v) is 9.96. The van der Waals surface area contributed by atoms with Crippen LogP contribution in [-0.4, -0.2) is 13.1 Å². The smallest absolute Gasteiger partial charge is 0.0135 e. The Kier molecular flexibility index (Phi) is 3.11. The third-order valence-corrected chi connectivity index (χ3v) is 3.76. The van der Waals surface area contributed by atoms with Crippen molar-refractivity contribution in [1.29, 1.82) is 0 Å². The van der Waals surface area contributed by atoms with E-state index in [0.29, 0.717) is 6.04 Å². The molecule has 1 aromatic rings. The Hall–Kier alpha value is -0.820. The van der Waals surface area contributed by atoms with Crippen LogP contribution in [0.2, 0.25) is 0 Å². The quantitative estimate of drug-likeness (QED) is 0.793. The maximum Gasteiger partial charge on any atom is 0.0135 e. The molecular weight excluding hydrogens is 182 g/mol. The molecule has 0 bridgehead atoms. The monoisotopic (exact) mass is 203 g/mol. The second kappa shape index (κ2) is 4.36. The first kappa shape index (κ1) is 10.7. The van der Waals surface area contributed by atoms with Gasteiger partial charge in [-0.1, -0.05) is 31.2 Å². The van der Waals surface area contributed by atoms with Crippen LogP contribution in [0.3, 0.4) is 0 Å². The highest BCUT2D eigenvalue weighted by molar-refractivity contribution is 5.26. The van der Waals surface area contributed by atoms with Crippen LogP contribution in [0, 0.1) is 18.8 Å². The Morgan fingerprint density at radius 3 is 2.60 bits per heavy atom. The Bertz CT molecular complexity index is 332. The summed E-state index contributed by atoms with van der Waals surface area (Å²) in [6.07, 6.45) is 2.58. The molecule has 82 valence electrons. The first-order valence-corrected chi connectivity index (χ1v) is 5.94. The maximum atomic E-state index is 3.47. The van der Waals surface area contributed by atoms with Crippen molar-refractivity contribution in [3.8, 4) is 0 Å². The van der Waals surface area contributed by atoms with Crippen molar-refractivity contribution < 1.29 is 0 Å². The molecule has 1 aromatic carbocycles. The Balaban J connectivity index is 2.03. The number of rotatable bonds is 4. The molecule has 3 atom stereocenters. The van der Waals surface area contributed by atoms with E-state index in [-0.39, 0.29) is 0 Å². The Morgan fingerprint density at radius 1 is 1.40 bits per heavy atom. The number of hydrogen-bond acceptors (Lipinski definition) is 1. The van der Waals surface area contributed by atoms with Crippen molar-refractivity contribution in [1.82, 2.24) is 5.32 Å². The highest BCUT2D eigenvalue weighted by Crippen LogP contribution is 2.41. The highest BCUT2D eigenvalue weighted by Gasteiger charge is 2.38. The van der Waals surface area contributed by atoms with E-state index in [4.69, 9.17) is 0 Å². The van der Waals surface area contributed by atoms with Gasteiger partial charge in [-0.15, -0.1) is 0 Å². The van der Waals surface area contributed by atoms with Crippen LogP contribution >= 0.6 is 0 Å². The number of nitrogens with one attached hydrogen (secondary N) is 1. The average molecular weight is 203 g/mol. The molecule has 2 rings (SSSR count). The normalized spacial score (nSPS) is 26.3. The predicted octanol–water partition coefficient (Wildman–Crippen LogP) is 2.78. The summed E-state index contributed by atoms with van der Waals surface area (Å²) in [6, 6.07) is 9.39. The molecule has 0 radical (unpaired) electrons. The molecule has 0 heterocycles. The summed E-state index contributed by atoms with van der Waals surface area (Å²) in [5.74, 6) is 1.82. The predicted molar refractivity (Wildman–Crippen MR) is 65.0 cm³/mol. The van der Waals surface area contributed by atoms with E-state index in [9.17, 15) is 0 Å².